The van der Waals surface area contributed by atoms with Gasteiger partial charge in [-0.05, 0) is 52.2 Å². The van der Waals surface area contributed by atoms with Crippen LogP contribution in [0.25, 0.3) is 11.0 Å². The number of aromatic nitrogens is 2. The van der Waals surface area contributed by atoms with Gasteiger partial charge in [-0.25, -0.2) is 18.1 Å². The number of aromatic amines is 1. The van der Waals surface area contributed by atoms with Crippen LogP contribution in [0.4, 0.5) is 0 Å². The average molecular weight is 380 g/mol. The molecule has 22 heavy (non-hydrogen) atoms. The molecule has 0 fully saturated rings. The summed E-state index contributed by atoms with van der Waals surface area (Å²) in [7, 11) is -3.52. The Morgan fingerprint density at radius 1 is 1.18 bits per heavy atom. The molecular weight excluding hydrogens is 366 g/mol. The second kappa shape index (κ2) is 6.20. The van der Waals surface area contributed by atoms with Crippen LogP contribution in [-0.4, -0.2) is 24.9 Å². The van der Waals surface area contributed by atoms with Gasteiger partial charge in [0.15, 0.2) is 0 Å². The van der Waals surface area contributed by atoms with Crippen LogP contribution in [0.2, 0.25) is 0 Å². The van der Waals surface area contributed by atoms with Crippen LogP contribution in [0.1, 0.15) is 5.56 Å². The fourth-order valence-corrected chi connectivity index (χ4v) is 4.31. The fraction of sp³-hybridized carbons (Fsp3) is 0.133. The number of hydrogen-bond acceptors (Lipinski definition) is 3. The maximum absolute atomic E-state index is 12.3. The second-order valence-electron chi connectivity index (χ2n) is 4.79. The van der Waals surface area contributed by atoms with Gasteiger partial charge < -0.3 is 4.98 Å². The number of nitrogens with zero attached hydrogens (tertiary/aromatic N) is 1. The van der Waals surface area contributed by atoms with Gasteiger partial charge in [-0.2, -0.15) is 0 Å². The van der Waals surface area contributed by atoms with Crippen LogP contribution < -0.4 is 4.72 Å². The number of pyridine rings is 1. The van der Waals surface area contributed by atoms with Gasteiger partial charge >= 0.3 is 0 Å². The lowest BCUT2D eigenvalue weighted by Gasteiger charge is -2.08. The first-order chi connectivity index (χ1) is 10.6. The number of sulfonamides is 1. The Morgan fingerprint density at radius 2 is 2.00 bits per heavy atom. The highest BCUT2D eigenvalue weighted by atomic mass is 79.9. The van der Waals surface area contributed by atoms with Gasteiger partial charge in [0.05, 0.1) is 4.90 Å². The van der Waals surface area contributed by atoms with Crippen molar-refractivity contribution in [2.75, 3.05) is 6.54 Å². The molecule has 0 bridgehead atoms. The van der Waals surface area contributed by atoms with E-state index < -0.39 is 10.0 Å². The van der Waals surface area contributed by atoms with Crippen LogP contribution in [0.15, 0.2) is 58.2 Å². The van der Waals surface area contributed by atoms with Crippen LogP contribution in [0, 0.1) is 0 Å². The summed E-state index contributed by atoms with van der Waals surface area (Å²) >= 11 is 3.26. The van der Waals surface area contributed by atoms with Gasteiger partial charge in [-0.3, -0.25) is 0 Å². The van der Waals surface area contributed by atoms with Gasteiger partial charge in [-0.1, -0.05) is 12.1 Å². The zero-order valence-corrected chi connectivity index (χ0v) is 14.0. The Balaban J connectivity index is 1.72. The lowest BCUT2D eigenvalue weighted by atomic mass is 10.2. The molecular formula is C15H14BrN3O2S. The minimum Gasteiger partial charge on any atom is -0.346 e. The summed E-state index contributed by atoms with van der Waals surface area (Å²) in [5.41, 5.74) is 1.85. The third kappa shape index (κ3) is 3.06. The average Bonchev–Trinajstić information content (AvgIpc) is 2.91. The normalized spacial score (nSPS) is 11.9. The molecule has 0 radical (unpaired) electrons. The fourth-order valence-electron chi connectivity index (χ4n) is 2.28. The number of fused-ring (bicyclic) bond motifs is 1. The molecule has 7 heteroatoms. The second-order valence-corrected chi connectivity index (χ2v) is 7.38. The summed E-state index contributed by atoms with van der Waals surface area (Å²) in [5, 5.41) is 1.02. The summed E-state index contributed by atoms with van der Waals surface area (Å²) < 4.78 is 27.7. The Kier molecular flexibility index (Phi) is 4.28. The lowest BCUT2D eigenvalue weighted by molar-refractivity contribution is 0.581. The summed E-state index contributed by atoms with van der Waals surface area (Å²) in [6, 6.07) is 10.6. The number of rotatable bonds is 5. The first-order valence-corrected chi connectivity index (χ1v) is 9.01. The van der Waals surface area contributed by atoms with Gasteiger partial charge in [-0.15, -0.1) is 0 Å². The van der Waals surface area contributed by atoms with E-state index in [1.807, 2.05) is 18.3 Å². The van der Waals surface area contributed by atoms with E-state index in [1.54, 1.807) is 30.5 Å². The first-order valence-electron chi connectivity index (χ1n) is 6.73. The van der Waals surface area contributed by atoms with Crippen molar-refractivity contribution in [3.8, 4) is 0 Å². The topological polar surface area (TPSA) is 74.8 Å². The first kappa shape index (κ1) is 15.2. The molecule has 2 heterocycles. The van der Waals surface area contributed by atoms with Crippen molar-refractivity contribution < 1.29 is 8.42 Å². The molecule has 0 aliphatic heterocycles. The third-order valence-electron chi connectivity index (χ3n) is 3.35. The number of hydrogen-bond donors (Lipinski definition) is 2. The number of benzene rings is 1. The molecule has 0 atom stereocenters. The molecule has 2 N–H and O–H groups in total. The molecule has 2 aromatic heterocycles. The predicted molar refractivity (Wildman–Crippen MR) is 89.1 cm³/mol. The minimum atomic E-state index is -3.52. The summed E-state index contributed by atoms with van der Waals surface area (Å²) in [4.78, 5) is 7.54. The van der Waals surface area contributed by atoms with Gasteiger partial charge in [0.2, 0.25) is 10.0 Å². The van der Waals surface area contributed by atoms with Crippen LogP contribution in [-0.2, 0) is 16.4 Å². The van der Waals surface area contributed by atoms with Crippen LogP contribution in [0.3, 0.4) is 0 Å². The highest BCUT2D eigenvalue weighted by Crippen LogP contribution is 2.21. The van der Waals surface area contributed by atoms with Gasteiger partial charge in [0.25, 0.3) is 0 Å². The molecule has 0 spiro atoms. The quantitative estimate of drug-likeness (QED) is 0.715. The molecule has 0 aliphatic rings. The molecule has 0 unspecified atom stereocenters. The Labute approximate surface area is 137 Å². The Bertz CT molecular complexity index is 906. The Hall–Kier alpha value is -1.70. The highest BCUT2D eigenvalue weighted by molar-refractivity contribution is 9.10. The summed E-state index contributed by atoms with van der Waals surface area (Å²) in [5.74, 6) is 0. The molecule has 0 saturated carbocycles. The van der Waals surface area contributed by atoms with E-state index in [9.17, 15) is 8.42 Å². The minimum absolute atomic E-state index is 0.246. The maximum atomic E-state index is 12.3. The lowest BCUT2D eigenvalue weighted by Crippen LogP contribution is -2.26. The van der Waals surface area contributed by atoms with E-state index in [0.717, 1.165) is 16.6 Å². The van der Waals surface area contributed by atoms with Gasteiger partial charge in [0.1, 0.15) is 5.65 Å². The van der Waals surface area contributed by atoms with Crippen molar-refractivity contribution in [1.29, 1.82) is 0 Å². The molecule has 3 rings (SSSR count). The molecule has 0 aliphatic carbocycles. The molecule has 114 valence electrons. The molecule has 1 aromatic carbocycles. The molecule has 0 saturated heterocycles. The largest absolute Gasteiger partial charge is 0.346 e. The van der Waals surface area contributed by atoms with Gasteiger partial charge in [0, 0.05) is 28.8 Å². The standard InChI is InChI=1S/C15H14BrN3O2S/c16-13-5-1-2-6-14(13)22(20,21)19-9-7-11-10-18-15-12(11)4-3-8-17-15/h1-6,8,10,19H,7,9H2,(H,17,18). The number of halogens is 1. The highest BCUT2D eigenvalue weighted by Gasteiger charge is 2.16. The van der Waals surface area contributed by atoms with E-state index in [0.29, 0.717) is 17.4 Å². The third-order valence-corrected chi connectivity index (χ3v) is 5.82. The van der Waals surface area contributed by atoms with Crippen molar-refractivity contribution in [3.05, 3.63) is 58.8 Å². The molecule has 5 nitrogen and oxygen atoms in total. The zero-order valence-electron chi connectivity index (χ0n) is 11.6. The van der Waals surface area contributed by atoms with E-state index in [-0.39, 0.29) is 4.90 Å². The van der Waals surface area contributed by atoms with Crippen LogP contribution in [0.5, 0.6) is 0 Å². The van der Waals surface area contributed by atoms with E-state index in [1.165, 1.54) is 0 Å². The number of nitrogens with one attached hydrogen (secondary N) is 2. The van der Waals surface area contributed by atoms with Crippen LogP contribution >= 0.6 is 15.9 Å². The molecule has 3 aromatic rings. The summed E-state index contributed by atoms with van der Waals surface area (Å²) in [6.45, 7) is 0.325. The maximum Gasteiger partial charge on any atom is 0.241 e. The number of H-pyrrole nitrogens is 1. The van der Waals surface area contributed by atoms with Crippen molar-refractivity contribution in [1.82, 2.24) is 14.7 Å². The summed E-state index contributed by atoms with van der Waals surface area (Å²) in [6.07, 6.45) is 4.18. The van der Waals surface area contributed by atoms with Crippen molar-refractivity contribution in [3.63, 3.8) is 0 Å². The Morgan fingerprint density at radius 3 is 2.82 bits per heavy atom. The van der Waals surface area contributed by atoms with E-state index in [2.05, 4.69) is 30.6 Å². The predicted octanol–water partition coefficient (Wildman–Crippen LogP) is 2.85. The van der Waals surface area contributed by atoms with Crippen molar-refractivity contribution in [2.45, 2.75) is 11.3 Å². The van der Waals surface area contributed by atoms with E-state index in [4.69, 9.17) is 0 Å². The monoisotopic (exact) mass is 379 g/mol. The molecule has 0 amide bonds. The van der Waals surface area contributed by atoms with Crippen molar-refractivity contribution in [2.24, 2.45) is 0 Å². The smallest absolute Gasteiger partial charge is 0.241 e. The van der Waals surface area contributed by atoms with Crippen molar-refractivity contribution >= 4 is 37.0 Å². The van der Waals surface area contributed by atoms with E-state index >= 15 is 0 Å². The SMILES string of the molecule is O=S(=O)(NCCc1c[nH]c2ncccc12)c1ccccc1Br. The zero-order chi connectivity index (χ0) is 15.6.